The van der Waals surface area contributed by atoms with Gasteiger partial charge in [-0.1, -0.05) is 0 Å². The Bertz CT molecular complexity index is 491. The van der Waals surface area contributed by atoms with Crippen LogP contribution in [0.15, 0.2) is 12.1 Å². The molecule has 2 N–H and O–H groups in total. The maximum atomic E-state index is 12.1. The molecule has 1 aromatic carbocycles. The van der Waals surface area contributed by atoms with E-state index in [0.717, 1.165) is 0 Å². The van der Waals surface area contributed by atoms with Crippen LogP contribution in [-0.4, -0.2) is 23.2 Å². The molecule has 98 valence electrons. The van der Waals surface area contributed by atoms with Crippen molar-refractivity contribution in [3.05, 3.63) is 26.8 Å². The van der Waals surface area contributed by atoms with Gasteiger partial charge in [-0.25, -0.2) is 4.79 Å². The predicted molar refractivity (Wildman–Crippen MR) is 65.5 cm³/mol. The van der Waals surface area contributed by atoms with Gasteiger partial charge >= 0.3 is 18.1 Å². The van der Waals surface area contributed by atoms with Gasteiger partial charge in [0.25, 0.3) is 0 Å². The summed E-state index contributed by atoms with van der Waals surface area (Å²) in [5.74, 6) is -3.28. The number of carbonyl (C=O) groups is 2. The number of aryl methyl sites for hydroxylation is 1. The molecule has 0 fully saturated rings. The number of anilines is 1. The van der Waals surface area contributed by atoms with Gasteiger partial charge in [0.2, 0.25) is 0 Å². The number of carboxylic acid groups (broad SMARTS) is 1. The van der Waals surface area contributed by atoms with Crippen LogP contribution in [0.5, 0.6) is 0 Å². The van der Waals surface area contributed by atoms with E-state index in [1.165, 1.54) is 19.1 Å². The smallest absolute Gasteiger partial charge is 0.471 e. The Balaban J connectivity index is 3.12. The molecule has 0 saturated heterocycles. The molecule has 0 aliphatic rings. The summed E-state index contributed by atoms with van der Waals surface area (Å²) in [5, 5.41) is 10.5. The summed E-state index contributed by atoms with van der Waals surface area (Å²) in [4.78, 5) is 21.5. The van der Waals surface area contributed by atoms with Crippen molar-refractivity contribution in [2.24, 2.45) is 0 Å². The Morgan fingerprint density at radius 2 is 1.89 bits per heavy atom. The third-order valence-electron chi connectivity index (χ3n) is 2.03. The number of hydrogen-bond acceptors (Lipinski definition) is 2. The fraction of sp³-hybridized carbons (Fsp3) is 0.200. The lowest BCUT2D eigenvalue weighted by atomic mass is 10.1. The molecular formula is C10H7F3INO3. The zero-order valence-electron chi connectivity index (χ0n) is 8.93. The molecule has 1 aromatic rings. The normalized spacial score (nSPS) is 11.2. The molecule has 0 aliphatic carbocycles. The SMILES string of the molecule is Cc1cc(C(=O)O)cc(I)c1NC(=O)C(F)(F)F. The first-order valence-corrected chi connectivity index (χ1v) is 5.62. The van der Waals surface area contributed by atoms with Crippen LogP contribution >= 0.6 is 22.6 Å². The van der Waals surface area contributed by atoms with Crippen molar-refractivity contribution < 1.29 is 27.9 Å². The number of aromatic carboxylic acids is 1. The largest absolute Gasteiger partial charge is 0.478 e. The molecule has 0 spiro atoms. The topological polar surface area (TPSA) is 66.4 Å². The van der Waals surface area contributed by atoms with Crippen LogP contribution in [0.4, 0.5) is 18.9 Å². The van der Waals surface area contributed by atoms with Crippen molar-refractivity contribution in [1.29, 1.82) is 0 Å². The quantitative estimate of drug-likeness (QED) is 0.784. The molecule has 0 saturated carbocycles. The third kappa shape index (κ3) is 3.34. The maximum Gasteiger partial charge on any atom is 0.471 e. The lowest BCUT2D eigenvalue weighted by molar-refractivity contribution is -0.167. The third-order valence-corrected chi connectivity index (χ3v) is 2.88. The molecule has 0 aromatic heterocycles. The monoisotopic (exact) mass is 373 g/mol. The van der Waals surface area contributed by atoms with Crippen molar-refractivity contribution in [2.45, 2.75) is 13.1 Å². The molecule has 4 nitrogen and oxygen atoms in total. The van der Waals surface area contributed by atoms with Gasteiger partial charge in [0, 0.05) is 3.57 Å². The number of hydrogen-bond donors (Lipinski definition) is 2. The van der Waals surface area contributed by atoms with Gasteiger partial charge in [0.05, 0.1) is 11.3 Å². The number of carboxylic acids is 1. The number of nitrogens with one attached hydrogen (secondary N) is 1. The summed E-state index contributed by atoms with van der Waals surface area (Å²) < 4.78 is 36.5. The Morgan fingerprint density at radius 1 is 1.33 bits per heavy atom. The van der Waals surface area contributed by atoms with Crippen LogP contribution in [0.3, 0.4) is 0 Å². The standard InChI is InChI=1S/C10H7F3INO3/c1-4-2-5(8(16)17)3-6(14)7(4)15-9(18)10(11,12)13/h2-3H,1H3,(H,15,18)(H,16,17). The number of alkyl halides is 3. The number of benzene rings is 1. The number of rotatable bonds is 2. The fourth-order valence-electron chi connectivity index (χ4n) is 1.21. The van der Waals surface area contributed by atoms with Crippen LogP contribution < -0.4 is 5.32 Å². The van der Waals surface area contributed by atoms with E-state index in [-0.39, 0.29) is 20.4 Å². The highest BCUT2D eigenvalue weighted by molar-refractivity contribution is 14.1. The highest BCUT2D eigenvalue weighted by atomic mass is 127. The summed E-state index contributed by atoms with van der Waals surface area (Å²) in [5.41, 5.74) is 0.154. The minimum Gasteiger partial charge on any atom is -0.478 e. The van der Waals surface area contributed by atoms with E-state index in [1.54, 1.807) is 27.9 Å². The first-order chi connectivity index (χ1) is 8.12. The van der Waals surface area contributed by atoms with Crippen molar-refractivity contribution >= 4 is 40.2 Å². The van der Waals surface area contributed by atoms with Crippen LogP contribution in [0.1, 0.15) is 15.9 Å². The Labute approximate surface area is 113 Å². The first kappa shape index (κ1) is 14.7. The molecule has 1 amide bonds. The second-order valence-corrected chi connectivity index (χ2v) is 4.57. The summed E-state index contributed by atoms with van der Waals surface area (Å²) in [6.07, 6.45) is -4.99. The molecule has 0 radical (unpaired) electrons. The zero-order valence-corrected chi connectivity index (χ0v) is 11.1. The molecular weight excluding hydrogens is 366 g/mol. The number of carbonyl (C=O) groups excluding carboxylic acids is 1. The van der Waals surface area contributed by atoms with Gasteiger partial charge in [-0.3, -0.25) is 4.79 Å². The van der Waals surface area contributed by atoms with Gasteiger partial charge in [0.1, 0.15) is 0 Å². The average molecular weight is 373 g/mol. The molecule has 18 heavy (non-hydrogen) atoms. The van der Waals surface area contributed by atoms with Gasteiger partial charge < -0.3 is 10.4 Å². The van der Waals surface area contributed by atoms with Crippen LogP contribution in [-0.2, 0) is 4.79 Å². The lowest BCUT2D eigenvalue weighted by Gasteiger charge is -2.13. The molecule has 0 aliphatic heterocycles. The Hall–Kier alpha value is -1.32. The minimum absolute atomic E-state index is 0.0390. The number of halogens is 4. The van der Waals surface area contributed by atoms with Crippen molar-refractivity contribution in [3.63, 3.8) is 0 Å². The molecule has 0 atom stereocenters. The summed E-state index contributed by atoms with van der Waals surface area (Å²) in [6.45, 7) is 1.42. The van der Waals surface area contributed by atoms with Gasteiger partial charge in [-0.2, -0.15) is 13.2 Å². The van der Waals surface area contributed by atoms with Gasteiger partial charge in [-0.15, -0.1) is 0 Å². The minimum atomic E-state index is -4.99. The van der Waals surface area contributed by atoms with Crippen molar-refractivity contribution in [3.8, 4) is 0 Å². The molecule has 0 heterocycles. The summed E-state index contributed by atoms with van der Waals surface area (Å²) in [7, 11) is 0. The van der Waals surface area contributed by atoms with E-state index in [4.69, 9.17) is 5.11 Å². The molecule has 0 unspecified atom stereocenters. The summed E-state index contributed by atoms with van der Waals surface area (Å²) in [6, 6.07) is 2.37. The molecule has 1 rings (SSSR count). The summed E-state index contributed by atoms with van der Waals surface area (Å²) >= 11 is 1.66. The highest BCUT2D eigenvalue weighted by Gasteiger charge is 2.39. The lowest BCUT2D eigenvalue weighted by Crippen LogP contribution is -2.30. The zero-order chi connectivity index (χ0) is 14.1. The van der Waals surface area contributed by atoms with E-state index in [9.17, 15) is 22.8 Å². The number of amides is 1. The molecule has 0 bridgehead atoms. The Kier molecular flexibility index (Phi) is 4.20. The van der Waals surface area contributed by atoms with E-state index in [2.05, 4.69) is 0 Å². The van der Waals surface area contributed by atoms with E-state index in [0.29, 0.717) is 0 Å². The van der Waals surface area contributed by atoms with Crippen LogP contribution in [0.25, 0.3) is 0 Å². The molecule has 8 heteroatoms. The maximum absolute atomic E-state index is 12.1. The second kappa shape index (κ2) is 5.12. The van der Waals surface area contributed by atoms with Gasteiger partial charge in [0.15, 0.2) is 0 Å². The van der Waals surface area contributed by atoms with Crippen LogP contribution in [0.2, 0.25) is 0 Å². The van der Waals surface area contributed by atoms with E-state index in [1.807, 2.05) is 0 Å². The van der Waals surface area contributed by atoms with Crippen molar-refractivity contribution in [2.75, 3.05) is 5.32 Å². The van der Waals surface area contributed by atoms with E-state index >= 15 is 0 Å². The van der Waals surface area contributed by atoms with Gasteiger partial charge in [-0.05, 0) is 47.2 Å². The highest BCUT2D eigenvalue weighted by Crippen LogP contribution is 2.27. The average Bonchev–Trinajstić information content (AvgIpc) is 2.21. The van der Waals surface area contributed by atoms with Crippen LogP contribution in [0, 0.1) is 10.5 Å². The predicted octanol–water partition coefficient (Wildman–Crippen LogP) is 2.80. The van der Waals surface area contributed by atoms with E-state index < -0.39 is 18.1 Å². The fourth-order valence-corrected chi connectivity index (χ4v) is 2.11. The Morgan fingerprint density at radius 3 is 2.28 bits per heavy atom. The second-order valence-electron chi connectivity index (χ2n) is 3.41. The first-order valence-electron chi connectivity index (χ1n) is 4.54. The van der Waals surface area contributed by atoms with Crippen molar-refractivity contribution in [1.82, 2.24) is 0 Å².